The van der Waals surface area contributed by atoms with Gasteiger partial charge in [-0.05, 0) is 35.4 Å². The average molecular weight is 326 g/mol. The van der Waals surface area contributed by atoms with Crippen molar-refractivity contribution in [1.29, 1.82) is 0 Å². The Morgan fingerprint density at radius 1 is 0.667 bits per heavy atom. The maximum atomic E-state index is 11.0. The van der Waals surface area contributed by atoms with Crippen LogP contribution in [0, 0.1) is 0 Å². The van der Waals surface area contributed by atoms with Crippen molar-refractivity contribution in [3.63, 3.8) is 0 Å². The molecule has 0 aliphatic carbocycles. The molecule has 0 fully saturated rings. The van der Waals surface area contributed by atoms with Crippen LogP contribution in [0.1, 0.15) is 11.1 Å². The van der Waals surface area contributed by atoms with E-state index >= 15 is 0 Å². The van der Waals surface area contributed by atoms with Gasteiger partial charge in [0.1, 0.15) is 0 Å². The van der Waals surface area contributed by atoms with E-state index in [4.69, 9.17) is 23.2 Å². The van der Waals surface area contributed by atoms with E-state index < -0.39 is 12.1 Å². The number of primary amides is 2. The topological polar surface area (TPSA) is 145 Å². The summed E-state index contributed by atoms with van der Waals surface area (Å²) in [5.41, 5.74) is 13.0. The summed E-state index contributed by atoms with van der Waals surface area (Å²) in [6.07, 6.45) is 3.77. The molecule has 0 aliphatic rings. The smallest absolute Gasteiger partial charge is 0.333 e. The normalized spacial score (nSPS) is 10.6. The third-order valence-corrected chi connectivity index (χ3v) is 3.29. The minimum absolute atomic E-state index is 0.499. The van der Waals surface area contributed by atoms with Gasteiger partial charge in [0.15, 0.2) is 0 Å². The third-order valence-electron chi connectivity index (χ3n) is 3.29. The molecule has 0 aliphatic heterocycles. The summed E-state index contributed by atoms with van der Waals surface area (Å²) in [6.45, 7) is 0. The second kappa shape index (κ2) is 7.27. The molecule has 8 nitrogen and oxygen atoms in total. The average Bonchev–Trinajstić information content (AvgIpc) is 2.59. The molecule has 0 unspecified atom stereocenters. The van der Waals surface area contributed by atoms with Crippen LogP contribution in [-0.4, -0.2) is 12.1 Å². The number of carbonyl (C=O) groups excluding carboxylic acids is 2. The minimum atomic E-state index is -0.733. The van der Waals surface area contributed by atoms with Crippen LogP contribution in [-0.2, 0) is 0 Å². The lowest BCUT2D eigenvalue weighted by Crippen LogP contribution is -2.41. The number of carbonyl (C=O) groups is 2. The van der Waals surface area contributed by atoms with E-state index in [1.54, 1.807) is 48.5 Å². The third kappa shape index (κ3) is 4.09. The Hall–Kier alpha value is -3.36. The molecule has 8 heteroatoms. The fraction of sp³-hybridized carbons (Fsp3) is 0. The Bertz CT molecular complexity index is 690. The quantitative estimate of drug-likeness (QED) is 0.291. The molecular weight excluding hydrogens is 308 g/mol. The number of amides is 4. The Labute approximate surface area is 138 Å². The zero-order valence-electron chi connectivity index (χ0n) is 12.8. The molecule has 4 amide bonds. The SMILES string of the molecule is NC(=O)N(N)c1ccc(C=Cc2ccc(N(N)C(N)=O)cc2)cc1. The first-order valence-corrected chi connectivity index (χ1v) is 6.95. The molecule has 0 saturated heterocycles. The Balaban J connectivity index is 2.08. The second-order valence-corrected chi connectivity index (χ2v) is 4.93. The van der Waals surface area contributed by atoms with Crippen LogP contribution in [0.25, 0.3) is 12.2 Å². The van der Waals surface area contributed by atoms with Crippen LogP contribution in [0.4, 0.5) is 21.0 Å². The Morgan fingerprint density at radius 3 is 1.21 bits per heavy atom. The predicted octanol–water partition coefficient (Wildman–Crippen LogP) is 1.37. The number of nitrogens with zero attached hydrogens (tertiary/aromatic N) is 2. The molecule has 0 radical (unpaired) electrons. The molecule has 0 heterocycles. The molecule has 24 heavy (non-hydrogen) atoms. The van der Waals surface area contributed by atoms with E-state index in [9.17, 15) is 9.59 Å². The van der Waals surface area contributed by atoms with Crippen molar-refractivity contribution < 1.29 is 9.59 Å². The van der Waals surface area contributed by atoms with E-state index in [1.165, 1.54) is 0 Å². The van der Waals surface area contributed by atoms with Crippen LogP contribution in [0.2, 0.25) is 0 Å². The number of rotatable bonds is 4. The lowest BCUT2D eigenvalue weighted by Gasteiger charge is -2.13. The highest BCUT2D eigenvalue weighted by atomic mass is 16.2. The van der Waals surface area contributed by atoms with Crippen molar-refractivity contribution >= 4 is 35.6 Å². The van der Waals surface area contributed by atoms with Crippen molar-refractivity contribution in [2.45, 2.75) is 0 Å². The van der Waals surface area contributed by atoms with Gasteiger partial charge in [-0.2, -0.15) is 0 Å². The molecule has 2 rings (SSSR count). The molecule has 8 N–H and O–H groups in total. The zero-order valence-corrected chi connectivity index (χ0v) is 12.8. The fourth-order valence-corrected chi connectivity index (χ4v) is 1.94. The molecular formula is C16H18N6O2. The number of nitrogens with two attached hydrogens (primary N) is 4. The monoisotopic (exact) mass is 326 g/mol. The van der Waals surface area contributed by atoms with E-state index in [-0.39, 0.29) is 0 Å². The predicted molar refractivity (Wildman–Crippen MR) is 94.3 cm³/mol. The van der Waals surface area contributed by atoms with Crippen LogP contribution >= 0.6 is 0 Å². The Kier molecular flexibility index (Phi) is 5.15. The highest BCUT2D eigenvalue weighted by molar-refractivity contribution is 5.90. The largest absolute Gasteiger partial charge is 0.350 e. The van der Waals surface area contributed by atoms with Gasteiger partial charge in [0.05, 0.1) is 11.4 Å². The van der Waals surface area contributed by atoms with Crippen molar-refractivity contribution in [3.05, 3.63) is 59.7 Å². The van der Waals surface area contributed by atoms with Gasteiger partial charge in [-0.1, -0.05) is 36.4 Å². The number of hydrazine groups is 2. The van der Waals surface area contributed by atoms with E-state index in [1.807, 2.05) is 12.2 Å². The fourth-order valence-electron chi connectivity index (χ4n) is 1.94. The van der Waals surface area contributed by atoms with Gasteiger partial charge in [-0.15, -0.1) is 0 Å². The lowest BCUT2D eigenvalue weighted by atomic mass is 10.1. The number of anilines is 2. The van der Waals surface area contributed by atoms with Gasteiger partial charge in [-0.25, -0.2) is 31.3 Å². The van der Waals surface area contributed by atoms with Crippen LogP contribution in [0.5, 0.6) is 0 Å². The first kappa shape index (κ1) is 17.0. The van der Waals surface area contributed by atoms with Crippen LogP contribution in [0.3, 0.4) is 0 Å². The van der Waals surface area contributed by atoms with Gasteiger partial charge in [0.2, 0.25) is 0 Å². The standard InChI is InChI=1S/C16H18N6O2/c17-15(23)21(19)13-7-3-11(4-8-13)1-2-12-5-9-14(10-6-12)22(20)16(18)24/h1-10H,19-20H2,(H2,17,23)(H2,18,24). The summed E-state index contributed by atoms with van der Waals surface area (Å²) in [5.74, 6) is 11.0. The van der Waals surface area contributed by atoms with E-state index in [0.717, 1.165) is 21.1 Å². The number of urea groups is 2. The van der Waals surface area contributed by atoms with Crippen molar-refractivity contribution in [2.24, 2.45) is 23.2 Å². The summed E-state index contributed by atoms with van der Waals surface area (Å²) >= 11 is 0. The highest BCUT2D eigenvalue weighted by Gasteiger charge is 2.07. The van der Waals surface area contributed by atoms with Gasteiger partial charge >= 0.3 is 12.1 Å². The molecule has 0 saturated carbocycles. The number of benzene rings is 2. The van der Waals surface area contributed by atoms with E-state index in [2.05, 4.69) is 0 Å². The van der Waals surface area contributed by atoms with Crippen LogP contribution in [0.15, 0.2) is 48.5 Å². The molecule has 2 aromatic carbocycles. The number of hydrogen-bond acceptors (Lipinski definition) is 4. The molecule has 0 bridgehead atoms. The minimum Gasteiger partial charge on any atom is -0.350 e. The number of hydrogen-bond donors (Lipinski definition) is 4. The van der Waals surface area contributed by atoms with E-state index in [0.29, 0.717) is 11.4 Å². The van der Waals surface area contributed by atoms with Crippen molar-refractivity contribution in [2.75, 3.05) is 10.0 Å². The van der Waals surface area contributed by atoms with Crippen molar-refractivity contribution in [3.8, 4) is 0 Å². The Morgan fingerprint density at radius 2 is 0.958 bits per heavy atom. The van der Waals surface area contributed by atoms with Gasteiger partial charge in [-0.3, -0.25) is 0 Å². The molecule has 0 atom stereocenters. The first-order chi connectivity index (χ1) is 11.4. The molecule has 2 aromatic rings. The summed E-state index contributed by atoms with van der Waals surface area (Å²) in [6, 6.07) is 12.5. The summed E-state index contributed by atoms with van der Waals surface area (Å²) in [4.78, 5) is 22.0. The molecule has 0 aromatic heterocycles. The van der Waals surface area contributed by atoms with Gasteiger partial charge in [0.25, 0.3) is 0 Å². The maximum absolute atomic E-state index is 11.0. The van der Waals surface area contributed by atoms with Crippen molar-refractivity contribution in [1.82, 2.24) is 0 Å². The van der Waals surface area contributed by atoms with Gasteiger partial charge in [0, 0.05) is 0 Å². The van der Waals surface area contributed by atoms with Crippen LogP contribution < -0.4 is 33.2 Å². The molecule has 0 spiro atoms. The summed E-state index contributed by atoms with van der Waals surface area (Å²) in [7, 11) is 0. The van der Waals surface area contributed by atoms with Gasteiger partial charge < -0.3 is 11.5 Å². The highest BCUT2D eigenvalue weighted by Crippen LogP contribution is 2.16. The molecule has 124 valence electrons. The zero-order chi connectivity index (χ0) is 17.7. The first-order valence-electron chi connectivity index (χ1n) is 6.95. The summed E-state index contributed by atoms with van der Waals surface area (Å²) in [5, 5.41) is 1.73. The second-order valence-electron chi connectivity index (χ2n) is 4.93. The lowest BCUT2D eigenvalue weighted by molar-refractivity contribution is 0.253. The summed E-state index contributed by atoms with van der Waals surface area (Å²) < 4.78 is 0. The maximum Gasteiger partial charge on any atom is 0.333 e.